The molecule has 0 aliphatic heterocycles. The minimum absolute atomic E-state index is 0.206. The molecule has 1 unspecified atom stereocenters. The highest BCUT2D eigenvalue weighted by atomic mass is 32.1. The van der Waals surface area contributed by atoms with E-state index in [9.17, 15) is 4.39 Å². The number of rotatable bonds is 4. The van der Waals surface area contributed by atoms with Crippen LogP contribution in [0.5, 0.6) is 0 Å². The number of hydrogen-bond acceptors (Lipinski definition) is 2. The van der Waals surface area contributed by atoms with Crippen molar-refractivity contribution in [2.45, 2.75) is 26.3 Å². The number of aryl methyl sites for hydroxylation is 1. The van der Waals surface area contributed by atoms with Crippen LogP contribution in [0.2, 0.25) is 0 Å². The zero-order valence-corrected chi connectivity index (χ0v) is 10.9. The molecule has 1 atom stereocenters. The van der Waals surface area contributed by atoms with E-state index in [0.29, 0.717) is 0 Å². The molecule has 0 saturated heterocycles. The Kier molecular flexibility index (Phi) is 3.79. The molecule has 90 valence electrons. The molecular formula is C14H16FNS. The topological polar surface area (TPSA) is 12.0 Å². The molecule has 0 amide bonds. The Hall–Kier alpha value is -1.35. The van der Waals surface area contributed by atoms with E-state index in [2.05, 4.69) is 31.3 Å². The molecule has 1 N–H and O–H groups in total. The summed E-state index contributed by atoms with van der Waals surface area (Å²) in [6.45, 7) is 4.25. The van der Waals surface area contributed by atoms with Gasteiger partial charge in [-0.3, -0.25) is 0 Å². The number of nitrogens with one attached hydrogen (secondary N) is 1. The van der Waals surface area contributed by atoms with Gasteiger partial charge in [0.1, 0.15) is 5.82 Å². The van der Waals surface area contributed by atoms with Crippen LogP contribution in [0, 0.1) is 5.82 Å². The predicted molar refractivity (Wildman–Crippen MR) is 72.1 cm³/mol. The maximum absolute atomic E-state index is 13.0. The Balaban J connectivity index is 2.08. The van der Waals surface area contributed by atoms with Crippen molar-refractivity contribution >= 4 is 17.0 Å². The molecule has 2 aromatic rings. The lowest BCUT2D eigenvalue weighted by Crippen LogP contribution is -2.04. The van der Waals surface area contributed by atoms with Crippen molar-refractivity contribution in [2.24, 2.45) is 0 Å². The summed E-state index contributed by atoms with van der Waals surface area (Å²) in [6.07, 6.45) is 1.07. The molecule has 0 fully saturated rings. The highest BCUT2D eigenvalue weighted by Crippen LogP contribution is 2.26. The highest BCUT2D eigenvalue weighted by Gasteiger charge is 2.08. The second-order valence-electron chi connectivity index (χ2n) is 4.03. The summed E-state index contributed by atoms with van der Waals surface area (Å²) in [7, 11) is 0. The first kappa shape index (κ1) is 12.1. The Morgan fingerprint density at radius 2 is 2.12 bits per heavy atom. The Morgan fingerprint density at radius 3 is 2.76 bits per heavy atom. The van der Waals surface area contributed by atoms with Gasteiger partial charge in [-0.1, -0.05) is 13.0 Å². The minimum Gasteiger partial charge on any atom is -0.378 e. The second-order valence-corrected chi connectivity index (χ2v) is 5.23. The van der Waals surface area contributed by atoms with E-state index in [1.54, 1.807) is 6.07 Å². The number of benzene rings is 1. The second kappa shape index (κ2) is 5.32. The fraction of sp³-hybridized carbons (Fsp3) is 0.286. The van der Waals surface area contributed by atoms with Gasteiger partial charge in [-0.05, 0) is 43.7 Å². The van der Waals surface area contributed by atoms with Crippen LogP contribution in [0.1, 0.15) is 29.6 Å². The van der Waals surface area contributed by atoms with Crippen molar-refractivity contribution in [1.82, 2.24) is 0 Å². The van der Waals surface area contributed by atoms with Gasteiger partial charge in [0.25, 0.3) is 0 Å². The molecule has 0 bridgehead atoms. The number of thiophene rings is 1. The van der Waals surface area contributed by atoms with E-state index in [0.717, 1.165) is 12.1 Å². The average molecular weight is 249 g/mol. The lowest BCUT2D eigenvalue weighted by atomic mass is 10.2. The average Bonchev–Trinajstić information content (AvgIpc) is 2.77. The van der Waals surface area contributed by atoms with E-state index < -0.39 is 0 Å². The standard InChI is InChI=1S/C14H16FNS/c1-3-13-7-8-14(17-13)10(2)16-12-6-4-5-11(15)9-12/h4-10,16H,3H2,1-2H3. The molecule has 2 rings (SSSR count). The van der Waals surface area contributed by atoms with Gasteiger partial charge >= 0.3 is 0 Å². The maximum atomic E-state index is 13.0. The van der Waals surface area contributed by atoms with Crippen LogP contribution < -0.4 is 5.32 Å². The fourth-order valence-corrected chi connectivity index (χ4v) is 2.67. The number of anilines is 1. The van der Waals surface area contributed by atoms with Gasteiger partial charge in [0.15, 0.2) is 0 Å². The molecule has 3 heteroatoms. The zero-order chi connectivity index (χ0) is 12.3. The van der Waals surface area contributed by atoms with Gasteiger partial charge < -0.3 is 5.32 Å². The maximum Gasteiger partial charge on any atom is 0.125 e. The molecule has 0 saturated carbocycles. The molecule has 0 radical (unpaired) electrons. The van der Waals surface area contributed by atoms with E-state index in [1.807, 2.05) is 17.4 Å². The molecule has 0 aliphatic rings. The van der Waals surface area contributed by atoms with Gasteiger partial charge in [0.05, 0.1) is 6.04 Å². The summed E-state index contributed by atoms with van der Waals surface area (Å²) < 4.78 is 13.0. The van der Waals surface area contributed by atoms with Gasteiger partial charge in [-0.2, -0.15) is 0 Å². The quantitative estimate of drug-likeness (QED) is 0.833. The molecule has 0 spiro atoms. The minimum atomic E-state index is -0.206. The Morgan fingerprint density at radius 1 is 1.29 bits per heavy atom. The van der Waals surface area contributed by atoms with Crippen molar-refractivity contribution in [1.29, 1.82) is 0 Å². The molecule has 1 aromatic carbocycles. The molecule has 1 nitrogen and oxygen atoms in total. The molecule has 0 aliphatic carbocycles. The lowest BCUT2D eigenvalue weighted by molar-refractivity contribution is 0.628. The largest absolute Gasteiger partial charge is 0.378 e. The lowest BCUT2D eigenvalue weighted by Gasteiger charge is -2.13. The van der Waals surface area contributed by atoms with E-state index >= 15 is 0 Å². The fourth-order valence-electron chi connectivity index (χ4n) is 1.72. The first-order valence-corrected chi connectivity index (χ1v) is 6.61. The molecular weight excluding hydrogens is 233 g/mol. The van der Waals surface area contributed by atoms with E-state index in [1.165, 1.54) is 21.9 Å². The van der Waals surface area contributed by atoms with Gasteiger partial charge in [-0.15, -0.1) is 11.3 Å². The third-order valence-corrected chi connectivity index (χ3v) is 4.08. The van der Waals surface area contributed by atoms with Crippen molar-refractivity contribution < 1.29 is 4.39 Å². The first-order valence-electron chi connectivity index (χ1n) is 5.79. The van der Waals surface area contributed by atoms with Crippen LogP contribution >= 0.6 is 11.3 Å². The number of halogens is 1. The van der Waals surface area contributed by atoms with Crippen LogP contribution in [0.3, 0.4) is 0 Å². The van der Waals surface area contributed by atoms with Crippen LogP contribution in [0.25, 0.3) is 0 Å². The SMILES string of the molecule is CCc1ccc(C(C)Nc2cccc(F)c2)s1. The third-order valence-electron chi connectivity index (χ3n) is 2.67. The molecule has 1 heterocycles. The Labute approximate surface area is 105 Å². The van der Waals surface area contributed by atoms with E-state index in [-0.39, 0.29) is 11.9 Å². The highest BCUT2D eigenvalue weighted by molar-refractivity contribution is 7.12. The summed E-state index contributed by atoms with van der Waals surface area (Å²) >= 11 is 1.81. The summed E-state index contributed by atoms with van der Waals surface area (Å²) in [5.74, 6) is -0.206. The summed E-state index contributed by atoms with van der Waals surface area (Å²) in [5.41, 5.74) is 0.823. The number of hydrogen-bond donors (Lipinski definition) is 1. The van der Waals surface area contributed by atoms with Crippen LogP contribution in [-0.4, -0.2) is 0 Å². The van der Waals surface area contributed by atoms with Gasteiger partial charge in [0.2, 0.25) is 0 Å². The van der Waals surface area contributed by atoms with Crippen molar-refractivity contribution in [3.63, 3.8) is 0 Å². The van der Waals surface area contributed by atoms with Crippen molar-refractivity contribution in [2.75, 3.05) is 5.32 Å². The predicted octanol–water partition coefficient (Wildman–Crippen LogP) is 4.62. The molecule has 1 aromatic heterocycles. The van der Waals surface area contributed by atoms with Crippen LogP contribution in [0.4, 0.5) is 10.1 Å². The third kappa shape index (κ3) is 3.07. The van der Waals surface area contributed by atoms with Crippen molar-refractivity contribution in [3.05, 3.63) is 52.0 Å². The summed E-state index contributed by atoms with van der Waals surface area (Å²) in [5, 5.41) is 3.31. The smallest absolute Gasteiger partial charge is 0.125 e. The summed E-state index contributed by atoms with van der Waals surface area (Å²) in [4.78, 5) is 2.67. The first-order chi connectivity index (χ1) is 8.19. The summed E-state index contributed by atoms with van der Waals surface area (Å²) in [6, 6.07) is 11.1. The van der Waals surface area contributed by atoms with Crippen LogP contribution in [0.15, 0.2) is 36.4 Å². The normalized spacial score (nSPS) is 12.4. The monoisotopic (exact) mass is 249 g/mol. The molecule has 17 heavy (non-hydrogen) atoms. The zero-order valence-electron chi connectivity index (χ0n) is 10.0. The van der Waals surface area contributed by atoms with Crippen LogP contribution in [-0.2, 0) is 6.42 Å². The Bertz CT molecular complexity index is 492. The van der Waals surface area contributed by atoms with Gasteiger partial charge in [-0.25, -0.2) is 4.39 Å². The van der Waals surface area contributed by atoms with Crippen molar-refractivity contribution in [3.8, 4) is 0 Å². The van der Waals surface area contributed by atoms with Gasteiger partial charge in [0, 0.05) is 15.4 Å². The van der Waals surface area contributed by atoms with E-state index in [4.69, 9.17) is 0 Å².